The maximum Gasteiger partial charge on any atom is 0.0579 e. The van der Waals surface area contributed by atoms with Crippen LogP contribution in [0.15, 0.2) is 36.4 Å². The summed E-state index contributed by atoms with van der Waals surface area (Å²) < 4.78 is 1.09. The first kappa shape index (κ1) is 16.8. The van der Waals surface area contributed by atoms with Crippen molar-refractivity contribution < 1.29 is 0 Å². The molecular formula is C18H21ClIN. The van der Waals surface area contributed by atoms with Crippen LogP contribution >= 0.6 is 34.2 Å². The van der Waals surface area contributed by atoms with Gasteiger partial charge in [-0.15, -0.1) is 0 Å². The van der Waals surface area contributed by atoms with Crippen molar-refractivity contribution >= 4 is 34.2 Å². The van der Waals surface area contributed by atoms with Crippen molar-refractivity contribution in [3.63, 3.8) is 0 Å². The van der Waals surface area contributed by atoms with Crippen LogP contribution in [0.25, 0.3) is 0 Å². The largest absolute Gasteiger partial charge is 0.306 e. The normalized spacial score (nSPS) is 12.4. The molecule has 1 unspecified atom stereocenters. The fourth-order valence-corrected chi connectivity index (χ4v) is 3.00. The second-order valence-corrected chi connectivity index (χ2v) is 6.92. The first-order valence-electron chi connectivity index (χ1n) is 7.29. The van der Waals surface area contributed by atoms with E-state index in [2.05, 4.69) is 85.1 Å². The van der Waals surface area contributed by atoms with Crippen LogP contribution in [0, 0.1) is 17.4 Å². The van der Waals surface area contributed by atoms with Crippen LogP contribution in [0.4, 0.5) is 0 Å². The van der Waals surface area contributed by atoms with E-state index in [1.54, 1.807) is 0 Å². The van der Waals surface area contributed by atoms with Gasteiger partial charge in [-0.05, 0) is 83.8 Å². The fourth-order valence-electron chi connectivity index (χ4n) is 2.47. The Kier molecular flexibility index (Phi) is 6.08. The predicted octanol–water partition coefficient (Wildman–Crippen LogP) is 5.65. The molecule has 0 aromatic heterocycles. The summed E-state index contributed by atoms with van der Waals surface area (Å²) in [5.74, 6) is 0. The quantitative estimate of drug-likeness (QED) is 0.625. The van der Waals surface area contributed by atoms with Gasteiger partial charge in [-0.3, -0.25) is 0 Å². The number of nitrogens with one attached hydrogen (secondary N) is 1. The number of aryl methyl sites for hydroxylation is 1. The molecule has 0 aliphatic carbocycles. The van der Waals surface area contributed by atoms with Crippen molar-refractivity contribution in [1.29, 1.82) is 0 Å². The SMILES string of the molecule is CCCNC(c1ccc(I)c(Cl)c1)c1cccc(C)c1C. The Labute approximate surface area is 146 Å². The Morgan fingerprint density at radius 3 is 2.62 bits per heavy atom. The highest BCUT2D eigenvalue weighted by Crippen LogP contribution is 2.30. The Hall–Kier alpha value is -0.580. The molecule has 1 atom stereocenters. The van der Waals surface area contributed by atoms with Crippen molar-refractivity contribution in [3.05, 3.63) is 67.2 Å². The molecule has 2 rings (SSSR count). The molecular weight excluding hydrogens is 393 g/mol. The summed E-state index contributed by atoms with van der Waals surface area (Å²) in [6, 6.07) is 13.0. The van der Waals surface area contributed by atoms with Gasteiger partial charge in [0.25, 0.3) is 0 Å². The standard InChI is InChI=1S/C18H21ClIN/c1-4-10-21-18(14-8-9-17(20)16(19)11-14)15-7-5-6-12(2)13(15)3/h5-9,11,18,21H,4,10H2,1-3H3. The molecule has 0 spiro atoms. The van der Waals surface area contributed by atoms with E-state index < -0.39 is 0 Å². The first-order chi connectivity index (χ1) is 10.0. The molecule has 0 amide bonds. The van der Waals surface area contributed by atoms with Crippen molar-refractivity contribution in [2.75, 3.05) is 6.54 Å². The van der Waals surface area contributed by atoms with Crippen molar-refractivity contribution in [1.82, 2.24) is 5.32 Å². The summed E-state index contributed by atoms with van der Waals surface area (Å²) in [6.45, 7) is 7.53. The lowest BCUT2D eigenvalue weighted by molar-refractivity contribution is 0.596. The molecule has 0 radical (unpaired) electrons. The van der Waals surface area contributed by atoms with E-state index in [4.69, 9.17) is 11.6 Å². The van der Waals surface area contributed by atoms with Gasteiger partial charge in [0.2, 0.25) is 0 Å². The molecule has 0 aliphatic heterocycles. The highest BCUT2D eigenvalue weighted by atomic mass is 127. The molecule has 2 aromatic rings. The number of rotatable bonds is 5. The highest BCUT2D eigenvalue weighted by molar-refractivity contribution is 14.1. The van der Waals surface area contributed by atoms with E-state index in [9.17, 15) is 0 Å². The lowest BCUT2D eigenvalue weighted by Gasteiger charge is -2.23. The summed E-state index contributed by atoms with van der Waals surface area (Å²) in [7, 11) is 0. The summed E-state index contributed by atoms with van der Waals surface area (Å²) >= 11 is 8.58. The Bertz CT molecular complexity index is 625. The van der Waals surface area contributed by atoms with Gasteiger partial charge in [0.1, 0.15) is 0 Å². The second kappa shape index (κ2) is 7.61. The minimum absolute atomic E-state index is 0.194. The van der Waals surface area contributed by atoms with Gasteiger partial charge in [0.05, 0.1) is 11.1 Å². The zero-order valence-corrected chi connectivity index (χ0v) is 15.6. The van der Waals surface area contributed by atoms with Crippen LogP contribution in [-0.4, -0.2) is 6.54 Å². The van der Waals surface area contributed by atoms with E-state index in [-0.39, 0.29) is 6.04 Å². The fraction of sp³-hybridized carbons (Fsp3) is 0.333. The van der Waals surface area contributed by atoms with Crippen LogP contribution in [0.2, 0.25) is 5.02 Å². The van der Waals surface area contributed by atoms with E-state index >= 15 is 0 Å². The Balaban J connectivity index is 2.47. The minimum Gasteiger partial charge on any atom is -0.306 e. The van der Waals surface area contributed by atoms with E-state index in [0.717, 1.165) is 21.6 Å². The van der Waals surface area contributed by atoms with Gasteiger partial charge in [0, 0.05) is 3.57 Å². The van der Waals surface area contributed by atoms with Gasteiger partial charge < -0.3 is 5.32 Å². The molecule has 0 saturated heterocycles. The summed E-state index contributed by atoms with van der Waals surface area (Å²) in [4.78, 5) is 0. The van der Waals surface area contributed by atoms with Crippen LogP contribution in [0.1, 0.15) is 41.6 Å². The number of hydrogen-bond acceptors (Lipinski definition) is 1. The lowest BCUT2D eigenvalue weighted by atomic mass is 9.92. The third-order valence-corrected chi connectivity index (χ3v) is 5.41. The maximum absolute atomic E-state index is 6.32. The van der Waals surface area contributed by atoms with Crippen LogP contribution < -0.4 is 5.32 Å². The van der Waals surface area contributed by atoms with Gasteiger partial charge in [-0.2, -0.15) is 0 Å². The third kappa shape index (κ3) is 3.99. The first-order valence-corrected chi connectivity index (χ1v) is 8.74. The van der Waals surface area contributed by atoms with Crippen LogP contribution in [-0.2, 0) is 0 Å². The average molecular weight is 414 g/mol. The number of halogens is 2. The molecule has 1 N–H and O–H groups in total. The van der Waals surface area contributed by atoms with Crippen molar-refractivity contribution in [3.8, 4) is 0 Å². The van der Waals surface area contributed by atoms with E-state index in [1.807, 2.05) is 0 Å². The molecule has 3 heteroatoms. The molecule has 0 bridgehead atoms. The summed E-state index contributed by atoms with van der Waals surface area (Å²) in [6.07, 6.45) is 1.11. The van der Waals surface area contributed by atoms with E-state index in [1.165, 1.54) is 22.3 Å². The number of benzene rings is 2. The third-order valence-electron chi connectivity index (χ3n) is 3.83. The predicted molar refractivity (Wildman–Crippen MR) is 100 cm³/mol. The maximum atomic E-state index is 6.32. The van der Waals surface area contributed by atoms with Gasteiger partial charge in [-0.1, -0.05) is 42.8 Å². The lowest BCUT2D eigenvalue weighted by Crippen LogP contribution is -2.24. The Morgan fingerprint density at radius 2 is 1.95 bits per heavy atom. The smallest absolute Gasteiger partial charge is 0.0579 e. The topological polar surface area (TPSA) is 12.0 Å². The minimum atomic E-state index is 0.194. The zero-order chi connectivity index (χ0) is 15.4. The Morgan fingerprint density at radius 1 is 1.19 bits per heavy atom. The molecule has 1 nitrogen and oxygen atoms in total. The molecule has 0 fully saturated rings. The molecule has 0 saturated carbocycles. The molecule has 0 heterocycles. The molecule has 2 aromatic carbocycles. The summed E-state index contributed by atoms with van der Waals surface area (Å²) in [5.41, 5.74) is 5.23. The van der Waals surface area contributed by atoms with E-state index in [0.29, 0.717) is 0 Å². The zero-order valence-electron chi connectivity index (χ0n) is 12.7. The van der Waals surface area contributed by atoms with Gasteiger partial charge in [-0.25, -0.2) is 0 Å². The molecule has 21 heavy (non-hydrogen) atoms. The van der Waals surface area contributed by atoms with Crippen molar-refractivity contribution in [2.45, 2.75) is 33.2 Å². The van der Waals surface area contributed by atoms with Gasteiger partial charge in [0.15, 0.2) is 0 Å². The highest BCUT2D eigenvalue weighted by Gasteiger charge is 2.17. The average Bonchev–Trinajstić information content (AvgIpc) is 2.47. The summed E-state index contributed by atoms with van der Waals surface area (Å²) in [5, 5.41) is 4.48. The van der Waals surface area contributed by atoms with Crippen LogP contribution in [0.5, 0.6) is 0 Å². The van der Waals surface area contributed by atoms with Crippen LogP contribution in [0.3, 0.4) is 0 Å². The van der Waals surface area contributed by atoms with Gasteiger partial charge >= 0.3 is 0 Å². The second-order valence-electron chi connectivity index (χ2n) is 5.35. The number of hydrogen-bond donors (Lipinski definition) is 1. The molecule has 112 valence electrons. The van der Waals surface area contributed by atoms with Crippen molar-refractivity contribution in [2.24, 2.45) is 0 Å². The monoisotopic (exact) mass is 413 g/mol. The molecule has 0 aliphatic rings.